The number of unbranched alkanes of at least 4 members (excludes halogenated alkanes) is 6. The number of aliphatic hydroxyl groups is 2. The Morgan fingerprint density at radius 3 is 1.13 bits per heavy atom. The predicted molar refractivity (Wildman–Crippen MR) is 64.9 cm³/mol. The molecule has 0 aliphatic heterocycles. The third-order valence-electron chi connectivity index (χ3n) is 2.74. The Kier molecular flexibility index (Phi) is 10.4. The van der Waals surface area contributed by atoms with Crippen LogP contribution in [0.2, 0.25) is 0 Å². The van der Waals surface area contributed by atoms with Crippen LogP contribution in [0, 0.1) is 0 Å². The summed E-state index contributed by atoms with van der Waals surface area (Å²) in [5, 5.41) is 18.1. The highest BCUT2D eigenvalue weighted by molar-refractivity contribution is 4.51. The van der Waals surface area contributed by atoms with Crippen LogP contribution in [0.3, 0.4) is 0 Å². The lowest BCUT2D eigenvalue weighted by Crippen LogP contribution is -1.98. The maximum absolute atomic E-state index is 9.05. The minimum atomic E-state index is -0.129. The molecule has 0 aliphatic carbocycles. The van der Waals surface area contributed by atoms with Crippen LogP contribution in [0.4, 0.5) is 0 Å². The van der Waals surface area contributed by atoms with Gasteiger partial charge < -0.3 is 10.2 Å². The number of aliphatic hydroxyl groups excluding tert-OH is 2. The van der Waals surface area contributed by atoms with Gasteiger partial charge in [-0.2, -0.15) is 0 Å². The predicted octanol–water partition coefficient (Wildman–Crippen LogP) is 3.26. The summed E-state index contributed by atoms with van der Waals surface area (Å²) in [4.78, 5) is 0. The van der Waals surface area contributed by atoms with Gasteiger partial charge in [0.15, 0.2) is 0 Å². The Morgan fingerprint density at radius 1 is 0.600 bits per heavy atom. The third kappa shape index (κ3) is 13.9. The van der Waals surface area contributed by atoms with Crippen molar-refractivity contribution in [3.05, 3.63) is 0 Å². The molecule has 0 aromatic heterocycles. The molecule has 0 amide bonds. The van der Waals surface area contributed by atoms with Gasteiger partial charge in [-0.05, 0) is 26.7 Å². The van der Waals surface area contributed by atoms with Crippen LogP contribution >= 0.6 is 0 Å². The molecule has 0 heterocycles. The van der Waals surface area contributed by atoms with Gasteiger partial charge in [0, 0.05) is 0 Å². The van der Waals surface area contributed by atoms with E-state index in [1.54, 1.807) is 0 Å². The van der Waals surface area contributed by atoms with E-state index in [1.165, 1.54) is 32.1 Å². The first-order chi connectivity index (χ1) is 7.13. The highest BCUT2D eigenvalue weighted by atomic mass is 16.3. The fraction of sp³-hybridized carbons (Fsp3) is 1.00. The minimum absolute atomic E-state index is 0.129. The lowest BCUT2D eigenvalue weighted by molar-refractivity contribution is 0.179. The average molecular weight is 216 g/mol. The van der Waals surface area contributed by atoms with E-state index in [0.717, 1.165) is 25.7 Å². The zero-order valence-corrected chi connectivity index (χ0v) is 10.4. The lowest BCUT2D eigenvalue weighted by atomic mass is 10.1. The number of rotatable bonds is 10. The van der Waals surface area contributed by atoms with Crippen LogP contribution in [0.5, 0.6) is 0 Å². The van der Waals surface area contributed by atoms with E-state index in [4.69, 9.17) is 10.2 Å². The van der Waals surface area contributed by atoms with Crippen molar-refractivity contribution in [2.24, 2.45) is 0 Å². The molecule has 2 nitrogen and oxygen atoms in total. The molecule has 0 saturated heterocycles. The topological polar surface area (TPSA) is 40.5 Å². The van der Waals surface area contributed by atoms with Gasteiger partial charge in [-0.3, -0.25) is 0 Å². The number of hydrogen-bond acceptors (Lipinski definition) is 2. The zero-order chi connectivity index (χ0) is 11.5. The molecule has 0 fully saturated rings. The molecule has 2 heteroatoms. The summed E-state index contributed by atoms with van der Waals surface area (Å²) in [6, 6.07) is 0. The van der Waals surface area contributed by atoms with Gasteiger partial charge in [-0.1, -0.05) is 44.9 Å². The van der Waals surface area contributed by atoms with Gasteiger partial charge in [0.25, 0.3) is 0 Å². The summed E-state index contributed by atoms with van der Waals surface area (Å²) in [7, 11) is 0. The molecule has 92 valence electrons. The SMILES string of the molecule is CC(O)CCCCCCCCCC(C)O. The standard InChI is InChI=1S/C13H28O2/c1-12(14)10-8-6-4-3-5-7-9-11-13(2)15/h12-15H,3-11H2,1-2H3. The molecular formula is C13H28O2. The average Bonchev–Trinajstić information content (AvgIpc) is 2.14. The van der Waals surface area contributed by atoms with E-state index in [-0.39, 0.29) is 12.2 Å². The van der Waals surface area contributed by atoms with Gasteiger partial charge >= 0.3 is 0 Å². The Morgan fingerprint density at radius 2 is 0.867 bits per heavy atom. The molecule has 0 aromatic carbocycles. The molecule has 2 atom stereocenters. The number of hydrogen-bond donors (Lipinski definition) is 2. The molecule has 2 unspecified atom stereocenters. The van der Waals surface area contributed by atoms with Gasteiger partial charge in [0.2, 0.25) is 0 Å². The van der Waals surface area contributed by atoms with Crippen molar-refractivity contribution in [1.82, 2.24) is 0 Å². The summed E-state index contributed by atoms with van der Waals surface area (Å²) in [6.45, 7) is 3.71. The Labute approximate surface area is 94.7 Å². The van der Waals surface area contributed by atoms with Crippen molar-refractivity contribution in [3.8, 4) is 0 Å². The summed E-state index contributed by atoms with van der Waals surface area (Å²) in [5.41, 5.74) is 0. The minimum Gasteiger partial charge on any atom is -0.393 e. The highest BCUT2D eigenvalue weighted by Gasteiger charge is 1.97. The molecule has 0 bridgehead atoms. The third-order valence-corrected chi connectivity index (χ3v) is 2.74. The van der Waals surface area contributed by atoms with Crippen LogP contribution in [0.25, 0.3) is 0 Å². The fourth-order valence-corrected chi connectivity index (χ4v) is 1.76. The summed E-state index contributed by atoms with van der Waals surface area (Å²) < 4.78 is 0. The van der Waals surface area contributed by atoms with Crippen LogP contribution < -0.4 is 0 Å². The first-order valence-corrected chi connectivity index (χ1v) is 6.49. The fourth-order valence-electron chi connectivity index (χ4n) is 1.76. The summed E-state index contributed by atoms with van der Waals surface area (Å²) in [5.74, 6) is 0. The van der Waals surface area contributed by atoms with E-state index < -0.39 is 0 Å². The van der Waals surface area contributed by atoms with Crippen molar-refractivity contribution < 1.29 is 10.2 Å². The van der Waals surface area contributed by atoms with E-state index in [0.29, 0.717) is 0 Å². The maximum Gasteiger partial charge on any atom is 0.0512 e. The van der Waals surface area contributed by atoms with E-state index >= 15 is 0 Å². The van der Waals surface area contributed by atoms with Gasteiger partial charge in [-0.15, -0.1) is 0 Å². The summed E-state index contributed by atoms with van der Waals surface area (Å²) >= 11 is 0. The second-order valence-corrected chi connectivity index (χ2v) is 4.75. The van der Waals surface area contributed by atoms with E-state index in [2.05, 4.69) is 0 Å². The quantitative estimate of drug-likeness (QED) is 0.550. The zero-order valence-electron chi connectivity index (χ0n) is 10.4. The molecule has 0 aliphatic rings. The molecule has 0 rings (SSSR count). The first kappa shape index (κ1) is 14.9. The van der Waals surface area contributed by atoms with Crippen molar-refractivity contribution in [2.45, 2.75) is 83.8 Å². The maximum atomic E-state index is 9.05. The Balaban J connectivity index is 2.93. The van der Waals surface area contributed by atoms with Crippen LogP contribution in [0.1, 0.15) is 71.6 Å². The normalized spacial score (nSPS) is 15.2. The van der Waals surface area contributed by atoms with Crippen molar-refractivity contribution in [3.63, 3.8) is 0 Å². The molecule has 15 heavy (non-hydrogen) atoms. The van der Waals surface area contributed by atoms with Crippen LogP contribution in [-0.2, 0) is 0 Å². The van der Waals surface area contributed by atoms with E-state index in [1.807, 2.05) is 13.8 Å². The van der Waals surface area contributed by atoms with Crippen LogP contribution in [0.15, 0.2) is 0 Å². The summed E-state index contributed by atoms with van der Waals surface area (Å²) in [6.07, 6.45) is 10.3. The van der Waals surface area contributed by atoms with Crippen molar-refractivity contribution in [2.75, 3.05) is 0 Å². The Hall–Kier alpha value is -0.0800. The van der Waals surface area contributed by atoms with Crippen molar-refractivity contribution >= 4 is 0 Å². The second-order valence-electron chi connectivity index (χ2n) is 4.75. The Bertz CT molecular complexity index is 108. The van der Waals surface area contributed by atoms with E-state index in [9.17, 15) is 0 Å². The van der Waals surface area contributed by atoms with Gasteiger partial charge in [-0.25, -0.2) is 0 Å². The smallest absolute Gasteiger partial charge is 0.0512 e. The molecular weight excluding hydrogens is 188 g/mol. The highest BCUT2D eigenvalue weighted by Crippen LogP contribution is 2.11. The van der Waals surface area contributed by atoms with Gasteiger partial charge in [0.1, 0.15) is 0 Å². The lowest BCUT2D eigenvalue weighted by Gasteiger charge is -2.05. The van der Waals surface area contributed by atoms with Crippen molar-refractivity contribution in [1.29, 1.82) is 0 Å². The largest absolute Gasteiger partial charge is 0.393 e. The molecule has 0 radical (unpaired) electrons. The monoisotopic (exact) mass is 216 g/mol. The first-order valence-electron chi connectivity index (χ1n) is 6.49. The second kappa shape index (κ2) is 10.4. The molecule has 2 N–H and O–H groups in total. The van der Waals surface area contributed by atoms with Crippen LogP contribution in [-0.4, -0.2) is 22.4 Å². The molecule has 0 aromatic rings. The molecule has 0 saturated carbocycles. The van der Waals surface area contributed by atoms with Gasteiger partial charge in [0.05, 0.1) is 12.2 Å². The molecule has 0 spiro atoms.